The van der Waals surface area contributed by atoms with Gasteiger partial charge in [0.2, 0.25) is 15.8 Å². The Morgan fingerprint density at radius 1 is 1.25 bits per heavy atom. The maximum Gasteiger partial charge on any atom is 0.264 e. The molecular formula is C16H20FN3O3S. The van der Waals surface area contributed by atoms with E-state index in [1.165, 1.54) is 4.31 Å². The molecule has 8 heteroatoms. The molecule has 3 rings (SSSR count). The number of hydrogen-bond donors (Lipinski definition) is 0. The van der Waals surface area contributed by atoms with Gasteiger partial charge in [-0.05, 0) is 6.42 Å². The Hall–Kier alpha value is -1.80. The number of benzene rings is 1. The molecule has 0 saturated carbocycles. The summed E-state index contributed by atoms with van der Waals surface area (Å²) in [6, 6.07) is 9.19. The van der Waals surface area contributed by atoms with Crippen molar-refractivity contribution < 1.29 is 17.3 Å². The molecule has 0 amide bonds. The van der Waals surface area contributed by atoms with Crippen molar-refractivity contribution in [1.29, 1.82) is 0 Å². The van der Waals surface area contributed by atoms with Crippen LogP contribution < -0.4 is 0 Å². The van der Waals surface area contributed by atoms with E-state index >= 15 is 4.39 Å². The number of aromatic nitrogens is 2. The fraction of sp³-hybridized carbons (Fsp3) is 0.500. The van der Waals surface area contributed by atoms with Crippen LogP contribution in [0.15, 0.2) is 34.9 Å². The SMILES string of the molecule is CCCS(=O)(=O)N1CCC(F)(c2nc(-c3ccccc3)no2)CC1. The molecule has 0 radical (unpaired) electrons. The monoisotopic (exact) mass is 353 g/mol. The van der Waals surface area contributed by atoms with Crippen molar-refractivity contribution >= 4 is 10.0 Å². The standard InChI is InChI=1S/C16H20FN3O3S/c1-2-12-24(21,22)20-10-8-16(17,9-11-20)15-18-14(19-23-15)13-6-4-3-5-7-13/h3-7H,2,8-12H2,1H3. The molecule has 0 N–H and O–H groups in total. The molecule has 6 nitrogen and oxygen atoms in total. The molecule has 0 atom stereocenters. The van der Waals surface area contributed by atoms with Crippen molar-refractivity contribution in [2.45, 2.75) is 31.9 Å². The van der Waals surface area contributed by atoms with Crippen molar-refractivity contribution in [3.05, 3.63) is 36.2 Å². The smallest absolute Gasteiger partial charge is 0.264 e. The molecule has 2 aromatic rings. The van der Waals surface area contributed by atoms with E-state index in [0.717, 1.165) is 5.56 Å². The van der Waals surface area contributed by atoms with Crippen LogP contribution in [-0.4, -0.2) is 41.7 Å². The third kappa shape index (κ3) is 3.34. The summed E-state index contributed by atoms with van der Waals surface area (Å²) in [5, 5.41) is 3.85. The quantitative estimate of drug-likeness (QED) is 0.826. The molecule has 1 aliphatic rings. The van der Waals surface area contributed by atoms with Gasteiger partial charge in [0.05, 0.1) is 5.75 Å². The van der Waals surface area contributed by atoms with Crippen LogP contribution >= 0.6 is 0 Å². The summed E-state index contributed by atoms with van der Waals surface area (Å²) in [6.07, 6.45) is 0.586. The number of alkyl halides is 1. The van der Waals surface area contributed by atoms with E-state index in [2.05, 4.69) is 10.1 Å². The summed E-state index contributed by atoms with van der Waals surface area (Å²) >= 11 is 0. The van der Waals surface area contributed by atoms with E-state index in [-0.39, 0.29) is 37.6 Å². The normalized spacial score (nSPS) is 18.6. The van der Waals surface area contributed by atoms with Gasteiger partial charge in [-0.2, -0.15) is 4.98 Å². The molecule has 0 bridgehead atoms. The predicted molar refractivity (Wildman–Crippen MR) is 87.4 cm³/mol. The first-order valence-electron chi connectivity index (χ1n) is 8.01. The highest BCUT2D eigenvalue weighted by atomic mass is 32.2. The molecular weight excluding hydrogens is 333 g/mol. The predicted octanol–water partition coefficient (Wildman–Crippen LogP) is 2.74. The molecule has 130 valence electrons. The molecule has 1 aromatic carbocycles. The minimum atomic E-state index is -3.30. The first-order chi connectivity index (χ1) is 11.4. The van der Waals surface area contributed by atoms with Crippen LogP contribution in [0.5, 0.6) is 0 Å². The molecule has 0 unspecified atom stereocenters. The molecule has 1 aromatic heterocycles. The lowest BCUT2D eigenvalue weighted by Gasteiger charge is -2.33. The van der Waals surface area contributed by atoms with E-state index < -0.39 is 15.7 Å². The van der Waals surface area contributed by atoms with Crippen LogP contribution in [-0.2, 0) is 15.7 Å². The van der Waals surface area contributed by atoms with Gasteiger partial charge >= 0.3 is 0 Å². The highest BCUT2D eigenvalue weighted by molar-refractivity contribution is 7.89. The van der Waals surface area contributed by atoms with Gasteiger partial charge in [0.15, 0.2) is 5.67 Å². The third-order valence-electron chi connectivity index (χ3n) is 4.21. The van der Waals surface area contributed by atoms with Gasteiger partial charge in [0.1, 0.15) is 0 Å². The lowest BCUT2D eigenvalue weighted by atomic mass is 9.94. The van der Waals surface area contributed by atoms with Gasteiger partial charge in [-0.25, -0.2) is 17.1 Å². The summed E-state index contributed by atoms with van der Waals surface area (Å²) in [6.45, 7) is 2.06. The molecule has 0 spiro atoms. The van der Waals surface area contributed by atoms with Crippen LogP contribution in [0.1, 0.15) is 32.1 Å². The third-order valence-corrected chi connectivity index (χ3v) is 6.29. The van der Waals surface area contributed by atoms with Gasteiger partial charge in [-0.15, -0.1) is 0 Å². The number of hydrogen-bond acceptors (Lipinski definition) is 5. The zero-order valence-corrected chi connectivity index (χ0v) is 14.3. The van der Waals surface area contributed by atoms with E-state index in [1.54, 1.807) is 0 Å². The van der Waals surface area contributed by atoms with Crippen LogP contribution in [0.2, 0.25) is 0 Å². The summed E-state index contributed by atoms with van der Waals surface area (Å²) in [5.41, 5.74) is -1.03. The summed E-state index contributed by atoms with van der Waals surface area (Å²) in [7, 11) is -3.30. The van der Waals surface area contributed by atoms with Crippen LogP contribution in [0.3, 0.4) is 0 Å². The highest BCUT2D eigenvalue weighted by Crippen LogP contribution is 2.37. The highest BCUT2D eigenvalue weighted by Gasteiger charge is 2.43. The minimum Gasteiger partial charge on any atom is -0.335 e. The largest absolute Gasteiger partial charge is 0.335 e. The van der Waals surface area contributed by atoms with Crippen molar-refractivity contribution in [2.75, 3.05) is 18.8 Å². The number of nitrogens with zero attached hydrogens (tertiary/aromatic N) is 3. The minimum absolute atomic E-state index is 0.0202. The average molecular weight is 353 g/mol. The molecule has 0 aliphatic carbocycles. The zero-order valence-electron chi connectivity index (χ0n) is 13.5. The molecule has 2 heterocycles. The van der Waals surface area contributed by atoms with Gasteiger partial charge in [0.25, 0.3) is 5.89 Å². The Kier molecular flexibility index (Phi) is 4.69. The van der Waals surface area contributed by atoms with Gasteiger partial charge < -0.3 is 4.52 Å². The Bertz CT molecular complexity index is 784. The fourth-order valence-electron chi connectivity index (χ4n) is 2.83. The molecule has 24 heavy (non-hydrogen) atoms. The average Bonchev–Trinajstić information content (AvgIpc) is 3.07. The Morgan fingerprint density at radius 2 is 1.92 bits per heavy atom. The lowest BCUT2D eigenvalue weighted by molar-refractivity contribution is 0.0511. The first kappa shape index (κ1) is 17.0. The number of halogens is 1. The van der Waals surface area contributed by atoms with E-state index in [0.29, 0.717) is 12.2 Å². The Morgan fingerprint density at radius 3 is 2.54 bits per heavy atom. The maximum atomic E-state index is 15.2. The van der Waals surface area contributed by atoms with Gasteiger partial charge in [-0.1, -0.05) is 42.4 Å². The Balaban J connectivity index is 1.74. The number of rotatable bonds is 5. The molecule has 1 aliphatic heterocycles. The van der Waals surface area contributed by atoms with Gasteiger partial charge in [0, 0.05) is 31.5 Å². The van der Waals surface area contributed by atoms with E-state index in [4.69, 9.17) is 4.52 Å². The van der Waals surface area contributed by atoms with Crippen molar-refractivity contribution in [3.8, 4) is 11.4 Å². The second-order valence-corrected chi connectivity index (χ2v) is 8.06. The first-order valence-corrected chi connectivity index (χ1v) is 9.62. The summed E-state index contributed by atoms with van der Waals surface area (Å²) < 4.78 is 45.8. The number of piperidine rings is 1. The summed E-state index contributed by atoms with van der Waals surface area (Å²) in [4.78, 5) is 4.18. The molecule has 1 saturated heterocycles. The lowest BCUT2D eigenvalue weighted by Crippen LogP contribution is -2.44. The van der Waals surface area contributed by atoms with E-state index in [1.807, 2.05) is 37.3 Å². The van der Waals surface area contributed by atoms with E-state index in [9.17, 15) is 8.42 Å². The Labute approximate surface area is 140 Å². The van der Waals surface area contributed by atoms with Crippen molar-refractivity contribution in [2.24, 2.45) is 0 Å². The maximum absolute atomic E-state index is 15.2. The van der Waals surface area contributed by atoms with Crippen molar-refractivity contribution in [3.63, 3.8) is 0 Å². The number of sulfonamides is 1. The van der Waals surface area contributed by atoms with Crippen LogP contribution in [0, 0.1) is 0 Å². The fourth-order valence-corrected chi connectivity index (χ4v) is 4.34. The van der Waals surface area contributed by atoms with Gasteiger partial charge in [-0.3, -0.25) is 0 Å². The van der Waals surface area contributed by atoms with Crippen LogP contribution in [0.4, 0.5) is 4.39 Å². The van der Waals surface area contributed by atoms with Crippen LogP contribution in [0.25, 0.3) is 11.4 Å². The van der Waals surface area contributed by atoms with Crippen molar-refractivity contribution in [1.82, 2.24) is 14.4 Å². The second kappa shape index (κ2) is 6.60. The summed E-state index contributed by atoms with van der Waals surface area (Å²) in [5.74, 6) is 0.350. The topological polar surface area (TPSA) is 76.3 Å². The second-order valence-electron chi connectivity index (χ2n) is 5.97. The zero-order chi connectivity index (χ0) is 17.2. The molecule has 1 fully saturated rings.